The molecule has 0 radical (unpaired) electrons. The summed E-state index contributed by atoms with van der Waals surface area (Å²) < 4.78 is 0. The highest BCUT2D eigenvalue weighted by molar-refractivity contribution is 5.20. The summed E-state index contributed by atoms with van der Waals surface area (Å²) in [5.41, 5.74) is 0.726. The van der Waals surface area contributed by atoms with E-state index in [1.807, 2.05) is 32.0 Å². The summed E-state index contributed by atoms with van der Waals surface area (Å²) in [7, 11) is 0. The lowest BCUT2D eigenvalue weighted by molar-refractivity contribution is -0.362. The van der Waals surface area contributed by atoms with Crippen LogP contribution >= 0.6 is 0 Å². The van der Waals surface area contributed by atoms with E-state index >= 15 is 0 Å². The minimum Gasteiger partial charge on any atom is -0.236 e. The van der Waals surface area contributed by atoms with Gasteiger partial charge in [-0.15, -0.1) is 0 Å². The Kier molecular flexibility index (Phi) is 6.53. The van der Waals surface area contributed by atoms with Crippen LogP contribution in [0.3, 0.4) is 0 Å². The smallest absolute Gasteiger partial charge is 0.123 e. The Morgan fingerprint density at radius 1 is 1.00 bits per heavy atom. The minimum absolute atomic E-state index is 0.404. The Hall–Kier alpha value is -0.860. The fraction of sp³-hybridized carbons (Fsp3) is 0.647. The molecular weight excluding hydrogens is 236 g/mol. The van der Waals surface area contributed by atoms with Crippen molar-refractivity contribution in [3.05, 3.63) is 35.9 Å². The van der Waals surface area contributed by atoms with Crippen molar-refractivity contribution in [1.82, 2.24) is 0 Å². The van der Waals surface area contributed by atoms with Gasteiger partial charge in [0.15, 0.2) is 0 Å². The molecule has 108 valence electrons. The molecule has 2 heteroatoms. The number of hydrogen-bond acceptors (Lipinski definition) is 2. The van der Waals surface area contributed by atoms with E-state index in [1.54, 1.807) is 0 Å². The molecular formula is C17H28O2. The SMILES string of the molecule is CC(C)CCC(C)COOC(C)(C)c1ccccc1. The third kappa shape index (κ3) is 6.22. The van der Waals surface area contributed by atoms with Gasteiger partial charge in [-0.05, 0) is 37.7 Å². The second-order valence-corrected chi connectivity index (χ2v) is 6.32. The summed E-state index contributed by atoms with van der Waals surface area (Å²) in [5, 5.41) is 0. The first-order chi connectivity index (χ1) is 8.92. The first kappa shape index (κ1) is 16.2. The third-order valence-corrected chi connectivity index (χ3v) is 3.33. The van der Waals surface area contributed by atoms with Crippen molar-refractivity contribution in [2.75, 3.05) is 6.61 Å². The van der Waals surface area contributed by atoms with Crippen molar-refractivity contribution in [2.45, 2.75) is 53.1 Å². The molecule has 0 fully saturated rings. The monoisotopic (exact) mass is 264 g/mol. The van der Waals surface area contributed by atoms with Gasteiger partial charge in [-0.1, -0.05) is 57.5 Å². The molecule has 0 N–H and O–H groups in total. The Bertz CT molecular complexity index is 344. The summed E-state index contributed by atoms with van der Waals surface area (Å²) in [5.74, 6) is 1.29. The Balaban J connectivity index is 2.32. The van der Waals surface area contributed by atoms with Crippen LogP contribution in [0, 0.1) is 11.8 Å². The lowest BCUT2D eigenvalue weighted by Gasteiger charge is -2.25. The molecule has 1 aromatic rings. The summed E-state index contributed by atoms with van der Waals surface area (Å²) in [4.78, 5) is 11.0. The Labute approximate surface area is 118 Å². The van der Waals surface area contributed by atoms with Crippen LogP contribution in [0.1, 0.15) is 53.0 Å². The predicted molar refractivity (Wildman–Crippen MR) is 79.7 cm³/mol. The van der Waals surface area contributed by atoms with Crippen LogP contribution < -0.4 is 0 Å². The average molecular weight is 264 g/mol. The van der Waals surface area contributed by atoms with Gasteiger partial charge in [0.2, 0.25) is 0 Å². The van der Waals surface area contributed by atoms with Crippen molar-refractivity contribution in [3.8, 4) is 0 Å². The molecule has 0 aliphatic rings. The fourth-order valence-corrected chi connectivity index (χ4v) is 1.89. The first-order valence-electron chi connectivity index (χ1n) is 7.28. The zero-order chi connectivity index (χ0) is 14.3. The molecule has 2 nitrogen and oxygen atoms in total. The molecule has 0 aliphatic carbocycles. The number of rotatable bonds is 8. The first-order valence-corrected chi connectivity index (χ1v) is 7.28. The standard InChI is InChI=1S/C17H28O2/c1-14(2)11-12-15(3)13-18-19-17(4,5)16-9-7-6-8-10-16/h6-10,14-15H,11-13H2,1-5H3. The second-order valence-electron chi connectivity index (χ2n) is 6.32. The van der Waals surface area contributed by atoms with Gasteiger partial charge in [-0.2, -0.15) is 0 Å². The lowest BCUT2D eigenvalue weighted by atomic mass is 9.99. The van der Waals surface area contributed by atoms with Crippen molar-refractivity contribution in [3.63, 3.8) is 0 Å². The third-order valence-electron chi connectivity index (χ3n) is 3.33. The van der Waals surface area contributed by atoms with Crippen LogP contribution in [0.2, 0.25) is 0 Å². The van der Waals surface area contributed by atoms with E-state index in [0.717, 1.165) is 11.5 Å². The van der Waals surface area contributed by atoms with Gasteiger partial charge < -0.3 is 0 Å². The van der Waals surface area contributed by atoms with E-state index in [4.69, 9.17) is 9.78 Å². The van der Waals surface area contributed by atoms with Crippen molar-refractivity contribution in [1.29, 1.82) is 0 Å². The van der Waals surface area contributed by atoms with Gasteiger partial charge in [0.05, 0.1) is 6.61 Å². The Morgan fingerprint density at radius 3 is 2.21 bits per heavy atom. The van der Waals surface area contributed by atoms with E-state index in [1.165, 1.54) is 12.8 Å². The normalized spacial score (nSPS) is 13.8. The fourth-order valence-electron chi connectivity index (χ4n) is 1.89. The largest absolute Gasteiger partial charge is 0.236 e. The maximum atomic E-state index is 5.59. The summed E-state index contributed by atoms with van der Waals surface area (Å²) in [6.07, 6.45) is 2.43. The molecule has 0 aromatic heterocycles. The zero-order valence-corrected chi connectivity index (χ0v) is 13.0. The van der Waals surface area contributed by atoms with Crippen molar-refractivity contribution >= 4 is 0 Å². The lowest BCUT2D eigenvalue weighted by Crippen LogP contribution is -2.23. The number of benzene rings is 1. The molecule has 0 heterocycles. The maximum absolute atomic E-state index is 5.59. The van der Waals surface area contributed by atoms with Crippen LogP contribution in [-0.4, -0.2) is 6.61 Å². The molecule has 1 atom stereocenters. The average Bonchev–Trinajstić information content (AvgIpc) is 2.37. The van der Waals surface area contributed by atoms with Gasteiger partial charge >= 0.3 is 0 Å². The summed E-state index contributed by atoms with van der Waals surface area (Å²) >= 11 is 0. The highest BCUT2D eigenvalue weighted by Crippen LogP contribution is 2.25. The van der Waals surface area contributed by atoms with Crippen LogP contribution in [0.25, 0.3) is 0 Å². The molecule has 0 aliphatic heterocycles. The quantitative estimate of drug-likeness (QED) is 0.489. The maximum Gasteiger partial charge on any atom is 0.123 e. The number of hydrogen-bond donors (Lipinski definition) is 0. The van der Waals surface area contributed by atoms with E-state index in [9.17, 15) is 0 Å². The van der Waals surface area contributed by atoms with E-state index in [-0.39, 0.29) is 0 Å². The van der Waals surface area contributed by atoms with Gasteiger partial charge in [-0.25, -0.2) is 9.78 Å². The molecule has 0 amide bonds. The highest BCUT2D eigenvalue weighted by Gasteiger charge is 2.22. The molecule has 0 spiro atoms. The second kappa shape index (κ2) is 7.66. The van der Waals surface area contributed by atoms with E-state index in [0.29, 0.717) is 12.5 Å². The van der Waals surface area contributed by atoms with Crippen molar-refractivity contribution in [2.24, 2.45) is 11.8 Å². The molecule has 0 saturated heterocycles. The van der Waals surface area contributed by atoms with Crippen LogP contribution in [0.5, 0.6) is 0 Å². The topological polar surface area (TPSA) is 18.5 Å². The predicted octanol–water partition coefficient (Wildman–Crippen LogP) is 4.94. The van der Waals surface area contributed by atoms with E-state index in [2.05, 4.69) is 32.9 Å². The molecule has 19 heavy (non-hydrogen) atoms. The van der Waals surface area contributed by atoms with Gasteiger partial charge in [0.1, 0.15) is 5.60 Å². The molecule has 0 bridgehead atoms. The van der Waals surface area contributed by atoms with Gasteiger partial charge in [-0.3, -0.25) is 0 Å². The van der Waals surface area contributed by atoms with Crippen LogP contribution in [-0.2, 0) is 15.4 Å². The molecule has 1 rings (SSSR count). The summed E-state index contributed by atoms with van der Waals surface area (Å²) in [6.45, 7) is 11.4. The van der Waals surface area contributed by atoms with Gasteiger partial charge in [0, 0.05) is 0 Å². The molecule has 0 saturated carbocycles. The van der Waals surface area contributed by atoms with E-state index < -0.39 is 5.60 Å². The van der Waals surface area contributed by atoms with Crippen molar-refractivity contribution < 1.29 is 9.78 Å². The minimum atomic E-state index is -0.404. The van der Waals surface area contributed by atoms with Gasteiger partial charge in [0.25, 0.3) is 0 Å². The molecule has 1 aromatic carbocycles. The molecule has 1 unspecified atom stereocenters. The highest BCUT2D eigenvalue weighted by atomic mass is 17.2. The Morgan fingerprint density at radius 2 is 1.63 bits per heavy atom. The zero-order valence-electron chi connectivity index (χ0n) is 13.0. The van der Waals surface area contributed by atoms with Crippen LogP contribution in [0.4, 0.5) is 0 Å². The van der Waals surface area contributed by atoms with Crippen LogP contribution in [0.15, 0.2) is 30.3 Å². The summed E-state index contributed by atoms with van der Waals surface area (Å²) in [6, 6.07) is 10.2.